The van der Waals surface area contributed by atoms with Gasteiger partial charge in [-0.05, 0) is 19.1 Å². The van der Waals surface area contributed by atoms with Crippen LogP contribution in [0, 0.1) is 0 Å². The van der Waals surface area contributed by atoms with Crippen LogP contribution in [-0.2, 0) is 24.4 Å². The predicted molar refractivity (Wildman–Crippen MR) is 71.6 cm³/mol. The van der Waals surface area contributed by atoms with E-state index >= 15 is 0 Å². The van der Waals surface area contributed by atoms with E-state index in [0.717, 1.165) is 12.5 Å². The molecule has 1 aromatic carbocycles. The van der Waals surface area contributed by atoms with Crippen LogP contribution >= 0.6 is 0 Å². The highest BCUT2D eigenvalue weighted by atomic mass is 32.2. The van der Waals surface area contributed by atoms with Crippen molar-refractivity contribution in [2.75, 3.05) is 12.5 Å². The van der Waals surface area contributed by atoms with Crippen LogP contribution in [0.3, 0.4) is 0 Å². The molecule has 0 amide bonds. The predicted octanol–water partition coefficient (Wildman–Crippen LogP) is 0.572. The molecule has 0 saturated heterocycles. The Balaban J connectivity index is 3.11. The molecule has 0 fully saturated rings. The highest BCUT2D eigenvalue weighted by Crippen LogP contribution is 2.22. The second-order valence-corrected chi connectivity index (χ2v) is 7.27. The summed E-state index contributed by atoms with van der Waals surface area (Å²) in [6.45, 7) is 1.25. The molecule has 7 nitrogen and oxygen atoms in total. The fourth-order valence-corrected chi connectivity index (χ4v) is 2.51. The maximum absolute atomic E-state index is 12.1. The van der Waals surface area contributed by atoms with E-state index in [0.29, 0.717) is 0 Å². The van der Waals surface area contributed by atoms with Crippen molar-refractivity contribution < 1.29 is 30.0 Å². The molecule has 0 bridgehead atoms. The molecule has 0 aliphatic carbocycles. The minimum atomic E-state index is -3.81. The minimum Gasteiger partial charge on any atom is -0.382 e. The van der Waals surface area contributed by atoms with Crippen molar-refractivity contribution in [3.63, 3.8) is 0 Å². The maximum Gasteiger partial charge on any atom is 0.306 e. The standard InChI is InChI=1S/C11H14O7S2/c1-8(17-19(2,13)14)11(12)9-6-4-5-7-10(9)18-20(3,15)16/h4-8H,1-3H3. The van der Waals surface area contributed by atoms with Gasteiger partial charge in [0, 0.05) is 0 Å². The van der Waals surface area contributed by atoms with E-state index in [2.05, 4.69) is 8.37 Å². The molecule has 1 unspecified atom stereocenters. The van der Waals surface area contributed by atoms with Crippen molar-refractivity contribution in [3.05, 3.63) is 29.8 Å². The number of carbonyl (C=O) groups is 1. The molecular formula is C11H14O7S2. The molecule has 0 N–H and O–H groups in total. The third-order valence-electron chi connectivity index (χ3n) is 2.08. The lowest BCUT2D eigenvalue weighted by atomic mass is 10.1. The zero-order valence-electron chi connectivity index (χ0n) is 11.1. The number of ketones is 1. The van der Waals surface area contributed by atoms with Crippen LogP contribution in [0.25, 0.3) is 0 Å². The number of carbonyl (C=O) groups excluding carboxylic acids is 1. The summed E-state index contributed by atoms with van der Waals surface area (Å²) in [5.74, 6) is -0.876. The normalized spacial score (nSPS) is 13.8. The first-order chi connectivity index (χ1) is 8.99. The lowest BCUT2D eigenvalue weighted by Gasteiger charge is -2.13. The van der Waals surface area contributed by atoms with Gasteiger partial charge < -0.3 is 4.18 Å². The SMILES string of the molecule is CC(OS(C)(=O)=O)C(=O)c1ccccc1OS(C)(=O)=O. The van der Waals surface area contributed by atoms with Crippen LogP contribution in [0.5, 0.6) is 5.75 Å². The highest BCUT2D eigenvalue weighted by Gasteiger charge is 2.24. The van der Waals surface area contributed by atoms with Crippen molar-refractivity contribution >= 4 is 26.0 Å². The average Bonchev–Trinajstić information content (AvgIpc) is 2.24. The van der Waals surface area contributed by atoms with Crippen molar-refractivity contribution in [1.29, 1.82) is 0 Å². The smallest absolute Gasteiger partial charge is 0.306 e. The van der Waals surface area contributed by atoms with Crippen molar-refractivity contribution in [2.45, 2.75) is 13.0 Å². The average molecular weight is 322 g/mol. The van der Waals surface area contributed by atoms with Gasteiger partial charge >= 0.3 is 10.1 Å². The molecule has 1 aromatic rings. The number of hydrogen-bond donors (Lipinski definition) is 0. The van der Waals surface area contributed by atoms with E-state index < -0.39 is 32.1 Å². The Hall–Kier alpha value is -1.45. The van der Waals surface area contributed by atoms with Gasteiger partial charge in [-0.25, -0.2) is 0 Å². The van der Waals surface area contributed by atoms with Gasteiger partial charge in [0.25, 0.3) is 10.1 Å². The second kappa shape index (κ2) is 5.90. The van der Waals surface area contributed by atoms with Gasteiger partial charge in [0.05, 0.1) is 18.1 Å². The zero-order chi connectivity index (χ0) is 15.6. The summed E-state index contributed by atoms with van der Waals surface area (Å²) in [6, 6.07) is 5.60. The van der Waals surface area contributed by atoms with Gasteiger partial charge in [-0.15, -0.1) is 0 Å². The summed E-state index contributed by atoms with van der Waals surface area (Å²) in [5, 5.41) is 0. The first kappa shape index (κ1) is 16.6. The van der Waals surface area contributed by atoms with Crippen LogP contribution in [0.1, 0.15) is 17.3 Å². The molecule has 0 aliphatic heterocycles. The topological polar surface area (TPSA) is 104 Å². The number of benzene rings is 1. The fraction of sp³-hybridized carbons (Fsp3) is 0.364. The van der Waals surface area contributed by atoms with Crippen LogP contribution in [0.15, 0.2) is 24.3 Å². The van der Waals surface area contributed by atoms with E-state index in [1.807, 2.05) is 0 Å². The quantitative estimate of drug-likeness (QED) is 0.557. The van der Waals surface area contributed by atoms with E-state index in [9.17, 15) is 21.6 Å². The van der Waals surface area contributed by atoms with Gasteiger partial charge in [-0.1, -0.05) is 12.1 Å². The Morgan fingerprint density at radius 1 is 1.05 bits per heavy atom. The summed E-state index contributed by atoms with van der Waals surface area (Å²) < 4.78 is 53.4. The Labute approximate surface area is 117 Å². The number of para-hydroxylation sites is 1. The van der Waals surface area contributed by atoms with Gasteiger partial charge in [0.2, 0.25) is 0 Å². The molecule has 1 rings (SSSR count). The largest absolute Gasteiger partial charge is 0.382 e. The molecule has 0 aromatic heterocycles. The van der Waals surface area contributed by atoms with Crippen molar-refractivity contribution in [1.82, 2.24) is 0 Å². The van der Waals surface area contributed by atoms with E-state index in [4.69, 9.17) is 0 Å². The van der Waals surface area contributed by atoms with Gasteiger partial charge in [-0.2, -0.15) is 16.8 Å². The Morgan fingerprint density at radius 3 is 2.10 bits per heavy atom. The van der Waals surface area contributed by atoms with Gasteiger partial charge in [0.15, 0.2) is 11.5 Å². The third-order valence-corrected chi connectivity index (χ3v) is 3.20. The molecule has 0 heterocycles. The van der Waals surface area contributed by atoms with Gasteiger partial charge in [0.1, 0.15) is 6.10 Å². The summed E-state index contributed by atoms with van der Waals surface area (Å²) in [4.78, 5) is 12.1. The highest BCUT2D eigenvalue weighted by molar-refractivity contribution is 7.86. The molecule has 0 radical (unpaired) electrons. The Kier molecular flexibility index (Phi) is 4.90. The fourth-order valence-electron chi connectivity index (χ4n) is 1.43. The van der Waals surface area contributed by atoms with E-state index in [-0.39, 0.29) is 11.3 Å². The van der Waals surface area contributed by atoms with Gasteiger partial charge in [-0.3, -0.25) is 8.98 Å². The molecule has 1 atom stereocenters. The number of hydrogen-bond acceptors (Lipinski definition) is 7. The lowest BCUT2D eigenvalue weighted by molar-refractivity contribution is 0.0825. The minimum absolute atomic E-state index is 0.0749. The molecule has 112 valence electrons. The zero-order valence-corrected chi connectivity index (χ0v) is 12.7. The Bertz CT molecular complexity index is 704. The molecular weight excluding hydrogens is 308 g/mol. The monoisotopic (exact) mass is 322 g/mol. The van der Waals surface area contributed by atoms with E-state index in [1.54, 1.807) is 0 Å². The van der Waals surface area contributed by atoms with Crippen LogP contribution in [0.4, 0.5) is 0 Å². The summed E-state index contributed by atoms with van der Waals surface area (Å²) in [5.41, 5.74) is -0.0749. The number of Topliss-reactive ketones (excluding diaryl/α,β-unsaturated/α-hetero) is 1. The van der Waals surface area contributed by atoms with Crippen LogP contribution in [-0.4, -0.2) is 41.2 Å². The van der Waals surface area contributed by atoms with Crippen molar-refractivity contribution in [3.8, 4) is 5.75 Å². The summed E-state index contributed by atoms with van der Waals surface area (Å²) >= 11 is 0. The van der Waals surface area contributed by atoms with Crippen LogP contribution < -0.4 is 4.18 Å². The molecule has 0 saturated carbocycles. The van der Waals surface area contributed by atoms with Crippen LogP contribution in [0.2, 0.25) is 0 Å². The van der Waals surface area contributed by atoms with Crippen molar-refractivity contribution in [2.24, 2.45) is 0 Å². The summed E-state index contributed by atoms with van der Waals surface area (Å²) in [6.07, 6.45) is 0.370. The number of rotatable bonds is 6. The summed E-state index contributed by atoms with van der Waals surface area (Å²) in [7, 11) is -7.61. The maximum atomic E-state index is 12.1. The lowest BCUT2D eigenvalue weighted by Crippen LogP contribution is -2.24. The third kappa shape index (κ3) is 5.27. The molecule has 9 heteroatoms. The molecule has 20 heavy (non-hydrogen) atoms. The molecule has 0 aliphatic rings. The first-order valence-electron chi connectivity index (χ1n) is 5.40. The van der Waals surface area contributed by atoms with E-state index in [1.165, 1.54) is 31.2 Å². The second-order valence-electron chi connectivity index (χ2n) is 4.09. The molecule has 0 spiro atoms. The Morgan fingerprint density at radius 2 is 1.60 bits per heavy atom. The first-order valence-corrected chi connectivity index (χ1v) is 9.04.